The van der Waals surface area contributed by atoms with Gasteiger partial charge in [-0.3, -0.25) is 0 Å². The molecular formula is C37H22Cl2F2O4. The van der Waals surface area contributed by atoms with Gasteiger partial charge in [0.1, 0.15) is 45.5 Å². The quantitative estimate of drug-likeness (QED) is 0.209. The van der Waals surface area contributed by atoms with Gasteiger partial charge in [-0.2, -0.15) is 0 Å². The zero-order chi connectivity index (χ0) is 31.2. The van der Waals surface area contributed by atoms with Crippen molar-refractivity contribution in [2.75, 3.05) is 7.11 Å². The molecule has 222 valence electrons. The third kappa shape index (κ3) is 5.22. The van der Waals surface area contributed by atoms with Gasteiger partial charge in [-0.1, -0.05) is 59.6 Å². The third-order valence-corrected chi connectivity index (χ3v) is 8.10. The molecule has 0 aliphatic heterocycles. The number of para-hydroxylation sites is 2. The van der Waals surface area contributed by atoms with Crippen LogP contribution in [-0.4, -0.2) is 12.2 Å². The zero-order valence-corrected chi connectivity index (χ0v) is 25.1. The van der Waals surface area contributed by atoms with E-state index < -0.39 is 11.6 Å². The largest absolute Gasteiger partial charge is 0.507 e. The number of hydrogen-bond acceptors (Lipinski definition) is 4. The van der Waals surface area contributed by atoms with Crippen LogP contribution in [-0.2, 0) is 0 Å². The van der Waals surface area contributed by atoms with E-state index in [2.05, 4.69) is 6.07 Å². The van der Waals surface area contributed by atoms with E-state index in [0.717, 1.165) is 56.0 Å². The van der Waals surface area contributed by atoms with Crippen LogP contribution in [0, 0.1) is 11.6 Å². The molecule has 0 saturated heterocycles. The number of fused-ring (bicyclic) bond motifs is 6. The number of aromatic hydroxyl groups is 1. The fourth-order valence-corrected chi connectivity index (χ4v) is 5.86. The van der Waals surface area contributed by atoms with E-state index in [1.54, 1.807) is 24.3 Å². The Hall–Kier alpha value is -5.04. The minimum absolute atomic E-state index is 0.0638. The lowest BCUT2D eigenvalue weighted by Crippen LogP contribution is -1.94. The van der Waals surface area contributed by atoms with Crippen LogP contribution in [0.3, 0.4) is 0 Å². The Labute approximate surface area is 265 Å². The first-order chi connectivity index (χ1) is 21.8. The average molecular weight is 639 g/mol. The Bertz CT molecular complexity index is 2390. The van der Waals surface area contributed by atoms with Crippen LogP contribution in [0.5, 0.6) is 11.5 Å². The molecule has 0 unspecified atom stereocenters. The molecule has 8 heteroatoms. The van der Waals surface area contributed by atoms with Gasteiger partial charge in [0.25, 0.3) is 0 Å². The average Bonchev–Trinajstić information content (AvgIpc) is 3.59. The lowest BCUT2D eigenvalue weighted by Gasteiger charge is -2.12. The molecule has 0 atom stereocenters. The Morgan fingerprint density at radius 1 is 0.533 bits per heavy atom. The summed E-state index contributed by atoms with van der Waals surface area (Å²) in [5.41, 5.74) is 4.04. The van der Waals surface area contributed by atoms with E-state index in [0.29, 0.717) is 21.4 Å². The fourth-order valence-electron chi connectivity index (χ4n) is 5.52. The first-order valence-electron chi connectivity index (χ1n) is 13.8. The van der Waals surface area contributed by atoms with Gasteiger partial charge in [-0.15, -0.1) is 0 Å². The van der Waals surface area contributed by atoms with Crippen LogP contribution < -0.4 is 4.74 Å². The molecular weight excluding hydrogens is 617 g/mol. The number of rotatable bonds is 3. The van der Waals surface area contributed by atoms with Gasteiger partial charge in [0.2, 0.25) is 0 Å². The number of phenols is 1. The Morgan fingerprint density at radius 3 is 1.82 bits per heavy atom. The van der Waals surface area contributed by atoms with Gasteiger partial charge < -0.3 is 18.7 Å². The van der Waals surface area contributed by atoms with Crippen LogP contribution in [0.2, 0.25) is 10.0 Å². The van der Waals surface area contributed by atoms with Gasteiger partial charge >= 0.3 is 0 Å². The number of halogens is 4. The molecule has 0 aliphatic carbocycles. The van der Waals surface area contributed by atoms with Crippen molar-refractivity contribution in [3.8, 4) is 33.8 Å². The van der Waals surface area contributed by atoms with Crippen LogP contribution in [0.15, 0.2) is 118 Å². The minimum Gasteiger partial charge on any atom is -0.507 e. The predicted octanol–water partition coefficient (Wildman–Crippen LogP) is 11.8. The maximum atomic E-state index is 14.6. The molecule has 45 heavy (non-hydrogen) atoms. The molecule has 1 N–H and O–H groups in total. The lowest BCUT2D eigenvalue weighted by atomic mass is 9.98. The summed E-state index contributed by atoms with van der Waals surface area (Å²) < 4.78 is 46.3. The molecule has 0 saturated carbocycles. The highest BCUT2D eigenvalue weighted by Gasteiger charge is 2.18. The number of hydrogen-bond donors (Lipinski definition) is 1. The van der Waals surface area contributed by atoms with Crippen molar-refractivity contribution in [1.29, 1.82) is 0 Å². The molecule has 0 aliphatic rings. The summed E-state index contributed by atoms with van der Waals surface area (Å²) in [4.78, 5) is 0. The van der Waals surface area contributed by atoms with Gasteiger partial charge in [0, 0.05) is 53.8 Å². The molecule has 8 rings (SSSR count). The molecule has 0 spiro atoms. The minimum atomic E-state index is -0.671. The molecule has 0 fully saturated rings. The second kappa shape index (κ2) is 11.5. The van der Waals surface area contributed by atoms with Crippen molar-refractivity contribution in [2.24, 2.45) is 0 Å². The second-order valence-corrected chi connectivity index (χ2v) is 11.2. The fraction of sp³-hybridized carbons (Fsp3) is 0.0270. The van der Waals surface area contributed by atoms with E-state index in [-0.39, 0.29) is 22.4 Å². The van der Waals surface area contributed by atoms with Crippen LogP contribution >= 0.6 is 23.2 Å². The normalized spacial score (nSPS) is 11.3. The standard InChI is InChI=1S/C19H13ClF2O2.C18H9ClO2/c1-24-19-5-3-2-4-12(19)13-9-17(22)14(10-16(13)21)15-8-11(20)6-7-18(15)23;19-10-5-6-16-12(7-10)14-9-17-13(8-18(14)21-16)11-3-1-2-4-15(11)20-17/h2-10,23H,1H3;1-9H. The van der Waals surface area contributed by atoms with Crippen molar-refractivity contribution in [3.63, 3.8) is 0 Å². The van der Waals surface area contributed by atoms with E-state index in [4.69, 9.17) is 36.8 Å². The number of furan rings is 2. The molecule has 0 bridgehead atoms. The highest BCUT2D eigenvalue weighted by molar-refractivity contribution is 6.32. The summed E-state index contributed by atoms with van der Waals surface area (Å²) in [5, 5.41) is 15.1. The van der Waals surface area contributed by atoms with Gasteiger partial charge in [-0.05, 0) is 72.8 Å². The van der Waals surface area contributed by atoms with Crippen molar-refractivity contribution < 1.29 is 27.5 Å². The van der Waals surface area contributed by atoms with E-state index in [1.807, 2.05) is 48.5 Å². The van der Waals surface area contributed by atoms with E-state index in [1.165, 1.54) is 25.3 Å². The second-order valence-electron chi connectivity index (χ2n) is 10.4. The summed E-state index contributed by atoms with van der Waals surface area (Å²) in [7, 11) is 1.46. The van der Waals surface area contributed by atoms with Gasteiger partial charge in [0.15, 0.2) is 0 Å². The lowest BCUT2D eigenvalue weighted by molar-refractivity contribution is 0.416. The van der Waals surface area contributed by atoms with Crippen molar-refractivity contribution in [2.45, 2.75) is 0 Å². The smallest absolute Gasteiger partial charge is 0.136 e. The van der Waals surface area contributed by atoms with Gasteiger partial charge in [0.05, 0.1) is 7.11 Å². The summed E-state index contributed by atoms with van der Waals surface area (Å²) in [5.74, 6) is -1.04. The molecule has 4 nitrogen and oxygen atoms in total. The number of ether oxygens (including phenoxy) is 1. The molecule has 6 aromatic carbocycles. The Morgan fingerprint density at radius 2 is 1.09 bits per heavy atom. The maximum absolute atomic E-state index is 14.6. The summed E-state index contributed by atoms with van der Waals surface area (Å²) in [6.45, 7) is 0. The topological polar surface area (TPSA) is 55.7 Å². The summed E-state index contributed by atoms with van der Waals surface area (Å²) >= 11 is 12.0. The van der Waals surface area contributed by atoms with E-state index >= 15 is 0 Å². The molecule has 2 heterocycles. The number of phenolic OH excluding ortho intramolecular Hbond substituents is 1. The maximum Gasteiger partial charge on any atom is 0.136 e. The van der Waals surface area contributed by atoms with Crippen LogP contribution in [0.25, 0.3) is 66.1 Å². The first-order valence-corrected chi connectivity index (χ1v) is 14.6. The molecule has 0 amide bonds. The molecule has 2 aromatic heterocycles. The SMILES string of the molecule is COc1ccccc1-c1cc(F)c(-c2cc(Cl)ccc2O)cc1F.Clc1ccc2oc3cc4c(cc3c2c1)oc1ccccc14. The highest BCUT2D eigenvalue weighted by Crippen LogP contribution is 2.39. The Kier molecular flexibility index (Phi) is 7.32. The predicted molar refractivity (Wildman–Crippen MR) is 176 cm³/mol. The van der Waals surface area contributed by atoms with Crippen LogP contribution in [0.1, 0.15) is 0 Å². The zero-order valence-electron chi connectivity index (χ0n) is 23.6. The van der Waals surface area contributed by atoms with Crippen LogP contribution in [0.4, 0.5) is 8.78 Å². The number of methoxy groups -OCH3 is 1. The summed E-state index contributed by atoms with van der Waals surface area (Å²) in [6, 6.07) is 30.9. The van der Waals surface area contributed by atoms with Gasteiger partial charge in [-0.25, -0.2) is 8.78 Å². The monoisotopic (exact) mass is 638 g/mol. The highest BCUT2D eigenvalue weighted by atomic mass is 35.5. The summed E-state index contributed by atoms with van der Waals surface area (Å²) in [6.07, 6.45) is 0. The van der Waals surface area contributed by atoms with E-state index in [9.17, 15) is 13.9 Å². The molecule has 0 radical (unpaired) electrons. The van der Waals surface area contributed by atoms with Crippen molar-refractivity contribution >= 4 is 67.1 Å². The molecule has 8 aromatic rings. The van der Waals surface area contributed by atoms with Crippen molar-refractivity contribution in [1.82, 2.24) is 0 Å². The third-order valence-electron chi connectivity index (χ3n) is 7.63. The first kappa shape index (κ1) is 28.7. The Balaban J connectivity index is 0.000000145. The number of benzene rings is 6. The van der Waals surface area contributed by atoms with Crippen molar-refractivity contribution in [3.05, 3.63) is 131 Å².